The minimum absolute atomic E-state index is 0.606. The molecule has 1 heterocycles. The van der Waals surface area contributed by atoms with Crippen LogP contribution in [0.2, 0.25) is 0 Å². The minimum atomic E-state index is 0.606. The van der Waals surface area contributed by atoms with Crippen LogP contribution in [0, 0.1) is 0 Å². The van der Waals surface area contributed by atoms with E-state index in [0.717, 1.165) is 27.9 Å². The zero-order valence-corrected chi connectivity index (χ0v) is 12.3. The minimum Gasteiger partial charge on any atom is -0.497 e. The van der Waals surface area contributed by atoms with Gasteiger partial charge in [0.25, 0.3) is 0 Å². The number of nitrogens with zero attached hydrogens (tertiary/aromatic N) is 1. The van der Waals surface area contributed by atoms with Gasteiger partial charge in [0.05, 0.1) is 23.4 Å². The van der Waals surface area contributed by atoms with E-state index in [4.69, 9.17) is 16.3 Å². The van der Waals surface area contributed by atoms with E-state index in [1.165, 1.54) is 0 Å². The molecule has 2 aromatic carbocycles. The molecule has 0 aliphatic heterocycles. The van der Waals surface area contributed by atoms with Crippen LogP contribution in [0.3, 0.4) is 0 Å². The Morgan fingerprint density at radius 1 is 1.05 bits per heavy atom. The summed E-state index contributed by atoms with van der Waals surface area (Å²) in [5, 5.41) is 1.71. The van der Waals surface area contributed by atoms with Gasteiger partial charge in [0.1, 0.15) is 5.75 Å². The van der Waals surface area contributed by atoms with Crippen molar-refractivity contribution in [2.24, 2.45) is 0 Å². The van der Waals surface area contributed by atoms with E-state index >= 15 is 0 Å². The number of para-hydroxylation sites is 1. The van der Waals surface area contributed by atoms with Crippen LogP contribution < -0.4 is 4.74 Å². The summed E-state index contributed by atoms with van der Waals surface area (Å²) in [5.74, 6) is 0.805. The molecule has 0 atom stereocenters. The smallest absolute Gasteiger partial charge is 0.119 e. The Bertz CT molecular complexity index is 811. The van der Waals surface area contributed by atoms with Crippen LogP contribution in [0.5, 0.6) is 5.75 Å². The van der Waals surface area contributed by atoms with Crippen LogP contribution in [0.4, 0.5) is 0 Å². The summed E-state index contributed by atoms with van der Waals surface area (Å²) >= 11 is 6.39. The summed E-state index contributed by atoms with van der Waals surface area (Å²) in [6, 6.07) is 19.7. The molecule has 0 fully saturated rings. The topological polar surface area (TPSA) is 22.1 Å². The highest BCUT2D eigenvalue weighted by Crippen LogP contribution is 2.24. The number of aromatic nitrogens is 1. The number of ether oxygens (including phenoxy) is 1. The van der Waals surface area contributed by atoms with Gasteiger partial charge in [-0.25, -0.2) is 4.98 Å². The number of rotatable bonds is 3. The van der Waals surface area contributed by atoms with Crippen LogP contribution >= 0.6 is 11.6 Å². The zero-order valence-electron chi connectivity index (χ0n) is 11.6. The Kier molecular flexibility index (Phi) is 3.89. The lowest BCUT2D eigenvalue weighted by Gasteiger charge is -2.03. The van der Waals surface area contributed by atoms with Gasteiger partial charge in [-0.15, -0.1) is 0 Å². The highest BCUT2D eigenvalue weighted by Gasteiger charge is 2.03. The van der Waals surface area contributed by atoms with Crippen LogP contribution in [0.25, 0.3) is 22.0 Å². The van der Waals surface area contributed by atoms with Crippen LogP contribution in [-0.4, -0.2) is 12.1 Å². The molecule has 0 bridgehead atoms. The quantitative estimate of drug-likeness (QED) is 0.680. The van der Waals surface area contributed by atoms with Crippen LogP contribution in [0.15, 0.2) is 60.7 Å². The number of methoxy groups -OCH3 is 1. The molecule has 0 aliphatic rings. The normalized spacial score (nSPS) is 11.6. The Hall–Kier alpha value is -2.32. The van der Waals surface area contributed by atoms with Crippen molar-refractivity contribution in [1.29, 1.82) is 0 Å². The second kappa shape index (κ2) is 5.98. The zero-order chi connectivity index (χ0) is 14.7. The molecular weight excluding hydrogens is 282 g/mol. The van der Waals surface area contributed by atoms with Crippen molar-refractivity contribution in [2.45, 2.75) is 0 Å². The molecule has 3 rings (SSSR count). The fourth-order valence-corrected chi connectivity index (χ4v) is 2.38. The fraction of sp³-hybridized carbons (Fsp3) is 0.0556. The summed E-state index contributed by atoms with van der Waals surface area (Å²) in [4.78, 5) is 4.58. The van der Waals surface area contributed by atoms with Crippen molar-refractivity contribution in [3.8, 4) is 5.75 Å². The highest BCUT2D eigenvalue weighted by molar-refractivity contribution is 6.51. The standard InChI is InChI=1S/C18H14ClNO/c1-21-15-7-4-5-13(11-15)12-16(19)18-10-9-14-6-2-3-8-17(14)20-18/h2-12H,1H3/b16-12-. The van der Waals surface area contributed by atoms with Gasteiger partial charge >= 0.3 is 0 Å². The maximum atomic E-state index is 6.39. The average molecular weight is 296 g/mol. The lowest BCUT2D eigenvalue weighted by Crippen LogP contribution is -1.87. The third kappa shape index (κ3) is 3.06. The van der Waals surface area contributed by atoms with E-state index in [-0.39, 0.29) is 0 Å². The van der Waals surface area contributed by atoms with Crippen molar-refractivity contribution in [3.63, 3.8) is 0 Å². The monoisotopic (exact) mass is 295 g/mol. The molecule has 21 heavy (non-hydrogen) atoms. The lowest BCUT2D eigenvalue weighted by molar-refractivity contribution is 0.414. The molecule has 0 amide bonds. The Labute approximate surface area is 128 Å². The maximum Gasteiger partial charge on any atom is 0.119 e. The Morgan fingerprint density at radius 3 is 2.76 bits per heavy atom. The summed E-state index contributed by atoms with van der Waals surface area (Å²) in [5.41, 5.74) is 2.68. The predicted octanol–water partition coefficient (Wildman–Crippen LogP) is 4.98. The summed E-state index contributed by atoms with van der Waals surface area (Å²) in [6.07, 6.45) is 1.89. The van der Waals surface area contributed by atoms with Gasteiger partial charge < -0.3 is 4.74 Å². The first-order chi connectivity index (χ1) is 10.3. The number of pyridine rings is 1. The molecule has 0 N–H and O–H groups in total. The molecule has 1 aromatic heterocycles. The van der Waals surface area contributed by atoms with Gasteiger partial charge in [-0.2, -0.15) is 0 Å². The third-order valence-electron chi connectivity index (χ3n) is 3.23. The van der Waals surface area contributed by atoms with E-state index in [2.05, 4.69) is 4.98 Å². The molecule has 0 spiro atoms. The first kappa shape index (κ1) is 13.7. The van der Waals surface area contributed by atoms with Crippen molar-refractivity contribution in [3.05, 3.63) is 71.9 Å². The largest absolute Gasteiger partial charge is 0.497 e. The maximum absolute atomic E-state index is 6.39. The molecule has 104 valence electrons. The van der Waals surface area contributed by atoms with Gasteiger partial charge in [0, 0.05) is 5.39 Å². The van der Waals surface area contributed by atoms with Gasteiger partial charge in [0.15, 0.2) is 0 Å². The first-order valence-electron chi connectivity index (χ1n) is 6.64. The van der Waals surface area contributed by atoms with E-state index in [1.807, 2.05) is 66.7 Å². The molecule has 0 radical (unpaired) electrons. The summed E-state index contributed by atoms with van der Waals surface area (Å²) in [6.45, 7) is 0. The van der Waals surface area contributed by atoms with E-state index in [1.54, 1.807) is 7.11 Å². The van der Waals surface area contributed by atoms with Crippen molar-refractivity contribution < 1.29 is 4.74 Å². The van der Waals surface area contributed by atoms with E-state index < -0.39 is 0 Å². The molecule has 3 aromatic rings. The second-order valence-corrected chi connectivity index (χ2v) is 5.07. The first-order valence-corrected chi connectivity index (χ1v) is 7.01. The van der Waals surface area contributed by atoms with Gasteiger partial charge in [0.2, 0.25) is 0 Å². The Morgan fingerprint density at radius 2 is 1.90 bits per heavy atom. The van der Waals surface area contributed by atoms with Crippen LogP contribution in [0.1, 0.15) is 11.3 Å². The van der Waals surface area contributed by atoms with E-state index in [0.29, 0.717) is 5.03 Å². The molecule has 0 aliphatic carbocycles. The fourth-order valence-electron chi connectivity index (χ4n) is 2.15. The SMILES string of the molecule is COc1cccc(/C=C(\Cl)c2ccc3ccccc3n2)c1. The summed E-state index contributed by atoms with van der Waals surface area (Å²) < 4.78 is 5.21. The van der Waals surface area contributed by atoms with Crippen molar-refractivity contribution in [2.75, 3.05) is 7.11 Å². The molecular formula is C18H14ClNO. The third-order valence-corrected chi connectivity index (χ3v) is 3.53. The number of hydrogen-bond donors (Lipinski definition) is 0. The molecule has 0 saturated carbocycles. The lowest BCUT2D eigenvalue weighted by atomic mass is 10.1. The van der Waals surface area contributed by atoms with Gasteiger partial charge in [-0.05, 0) is 35.9 Å². The Balaban J connectivity index is 1.98. The van der Waals surface area contributed by atoms with Gasteiger partial charge in [-0.3, -0.25) is 0 Å². The average Bonchev–Trinajstić information content (AvgIpc) is 2.54. The number of halogens is 1. The molecule has 0 unspecified atom stereocenters. The number of hydrogen-bond acceptors (Lipinski definition) is 2. The molecule has 3 heteroatoms. The van der Waals surface area contributed by atoms with Crippen molar-refractivity contribution >= 4 is 33.6 Å². The van der Waals surface area contributed by atoms with Crippen molar-refractivity contribution in [1.82, 2.24) is 4.98 Å². The van der Waals surface area contributed by atoms with E-state index in [9.17, 15) is 0 Å². The van der Waals surface area contributed by atoms with Crippen LogP contribution in [-0.2, 0) is 0 Å². The predicted molar refractivity (Wildman–Crippen MR) is 88.5 cm³/mol. The molecule has 0 saturated heterocycles. The highest BCUT2D eigenvalue weighted by atomic mass is 35.5. The number of benzene rings is 2. The second-order valence-electron chi connectivity index (χ2n) is 4.66. The number of fused-ring (bicyclic) bond motifs is 1. The molecule has 2 nitrogen and oxygen atoms in total. The van der Waals surface area contributed by atoms with Gasteiger partial charge in [-0.1, -0.05) is 48.0 Å². The summed E-state index contributed by atoms with van der Waals surface area (Å²) in [7, 11) is 1.65.